The summed E-state index contributed by atoms with van der Waals surface area (Å²) in [6.07, 6.45) is -0.563. The summed E-state index contributed by atoms with van der Waals surface area (Å²) >= 11 is 3.39. The van der Waals surface area contributed by atoms with E-state index in [0.717, 1.165) is 10.0 Å². The van der Waals surface area contributed by atoms with E-state index in [1.807, 2.05) is 42.5 Å². The second-order valence-corrected chi connectivity index (χ2v) is 7.74. The van der Waals surface area contributed by atoms with E-state index in [9.17, 15) is 9.59 Å². The zero-order valence-corrected chi connectivity index (χ0v) is 18.3. The zero-order chi connectivity index (χ0) is 21.8. The molecule has 8 heteroatoms. The van der Waals surface area contributed by atoms with E-state index in [0.29, 0.717) is 22.7 Å². The normalized spacial score (nSPS) is 15.0. The van der Waals surface area contributed by atoms with Crippen LogP contribution in [0.25, 0.3) is 0 Å². The number of amides is 2. The molecule has 0 aliphatic carbocycles. The Balaban J connectivity index is 1.53. The van der Waals surface area contributed by atoms with Gasteiger partial charge in [-0.05, 0) is 48.0 Å². The Morgan fingerprint density at radius 2 is 1.77 bits per heavy atom. The molecule has 0 spiro atoms. The van der Waals surface area contributed by atoms with Gasteiger partial charge in [0.05, 0.1) is 12.7 Å². The summed E-state index contributed by atoms with van der Waals surface area (Å²) in [5.74, 6) is 0.442. The number of carbonyl (C=O) groups is 2. The molecule has 1 heterocycles. The lowest BCUT2D eigenvalue weighted by molar-refractivity contribution is -0.127. The van der Waals surface area contributed by atoms with Gasteiger partial charge in [-0.15, -0.1) is 0 Å². The molecule has 1 aliphatic heterocycles. The number of halogens is 1. The second kappa shape index (κ2) is 9.09. The first-order chi connectivity index (χ1) is 15.0. The van der Waals surface area contributed by atoms with Crippen molar-refractivity contribution < 1.29 is 19.1 Å². The summed E-state index contributed by atoms with van der Waals surface area (Å²) in [6, 6.07) is 21.7. The first-order valence-corrected chi connectivity index (χ1v) is 10.4. The van der Waals surface area contributed by atoms with Crippen molar-refractivity contribution in [3.8, 4) is 11.5 Å². The zero-order valence-electron chi connectivity index (χ0n) is 16.7. The van der Waals surface area contributed by atoms with E-state index in [1.165, 1.54) is 5.01 Å². The van der Waals surface area contributed by atoms with Crippen LogP contribution in [-0.4, -0.2) is 30.5 Å². The summed E-state index contributed by atoms with van der Waals surface area (Å²) in [6.45, 7) is -0.247. The Morgan fingerprint density at radius 3 is 2.48 bits per heavy atom. The molecule has 0 bridgehead atoms. The highest BCUT2D eigenvalue weighted by Gasteiger charge is 2.34. The van der Waals surface area contributed by atoms with Gasteiger partial charge in [0.1, 0.15) is 17.7 Å². The van der Waals surface area contributed by atoms with Gasteiger partial charge in [-0.2, -0.15) is 0 Å². The molecule has 1 atom stereocenters. The topological polar surface area (TPSA) is 79.9 Å². The number of methoxy groups -OCH3 is 1. The van der Waals surface area contributed by atoms with Gasteiger partial charge >= 0.3 is 0 Å². The average Bonchev–Trinajstić information content (AvgIpc) is 2.80. The molecule has 4 rings (SSSR count). The molecule has 0 radical (unpaired) electrons. The summed E-state index contributed by atoms with van der Waals surface area (Å²) in [4.78, 5) is 25.8. The summed E-state index contributed by atoms with van der Waals surface area (Å²) < 4.78 is 11.4. The molecule has 7 nitrogen and oxygen atoms in total. The number of rotatable bonds is 6. The molecular formula is C23H20BrN3O4. The van der Waals surface area contributed by atoms with Crippen molar-refractivity contribution in [3.05, 3.63) is 88.4 Å². The van der Waals surface area contributed by atoms with E-state index in [2.05, 4.69) is 26.7 Å². The lowest BCUT2D eigenvalue weighted by Crippen LogP contribution is -2.53. The van der Waals surface area contributed by atoms with Crippen molar-refractivity contribution >= 4 is 33.4 Å². The minimum atomic E-state index is -0.563. The molecule has 2 amide bonds. The highest BCUT2D eigenvalue weighted by molar-refractivity contribution is 9.10. The van der Waals surface area contributed by atoms with Crippen LogP contribution >= 0.6 is 15.9 Å². The molecule has 3 aromatic carbocycles. The maximum Gasteiger partial charge on any atom is 0.276 e. The van der Waals surface area contributed by atoms with Gasteiger partial charge < -0.3 is 14.8 Å². The fourth-order valence-corrected chi connectivity index (χ4v) is 3.61. The number of carbonyl (C=O) groups excluding carboxylic acids is 2. The van der Waals surface area contributed by atoms with Crippen LogP contribution in [0.15, 0.2) is 77.3 Å². The summed E-state index contributed by atoms with van der Waals surface area (Å²) in [7, 11) is 1.58. The number of nitrogens with zero attached hydrogens (tertiary/aromatic N) is 1. The third-order valence-corrected chi connectivity index (χ3v) is 5.26. The highest BCUT2D eigenvalue weighted by Crippen LogP contribution is 2.33. The van der Waals surface area contributed by atoms with Crippen LogP contribution in [0.1, 0.15) is 22.1 Å². The standard InChI is InChI=1S/C23H20BrN3O4/c1-30-17-8-10-18(11-9-17)31-14-21(28)26-27-22(15-5-3-2-4-6-15)25-20-12-7-16(24)13-19(20)23(27)29/h2-13,22,25H,14H2,1H3,(H,26,28). The summed E-state index contributed by atoms with van der Waals surface area (Å²) in [5, 5.41) is 4.62. The fraction of sp³-hybridized carbons (Fsp3) is 0.130. The van der Waals surface area contributed by atoms with Crippen molar-refractivity contribution in [2.45, 2.75) is 6.17 Å². The quantitative estimate of drug-likeness (QED) is 0.553. The fourth-order valence-electron chi connectivity index (χ4n) is 3.25. The van der Waals surface area contributed by atoms with Crippen molar-refractivity contribution in [3.63, 3.8) is 0 Å². The average molecular weight is 482 g/mol. The number of hydrazine groups is 1. The largest absolute Gasteiger partial charge is 0.497 e. The second-order valence-electron chi connectivity index (χ2n) is 6.82. The molecule has 3 aromatic rings. The predicted octanol–water partition coefficient (Wildman–Crippen LogP) is 4.13. The Labute approximate surface area is 188 Å². The Kier molecular flexibility index (Phi) is 6.08. The van der Waals surface area contributed by atoms with Crippen LogP contribution in [0.5, 0.6) is 11.5 Å². The van der Waals surface area contributed by atoms with Crippen molar-refractivity contribution in [1.82, 2.24) is 10.4 Å². The van der Waals surface area contributed by atoms with Crippen molar-refractivity contribution in [2.75, 3.05) is 19.0 Å². The van der Waals surface area contributed by atoms with Crippen molar-refractivity contribution in [2.24, 2.45) is 0 Å². The van der Waals surface area contributed by atoms with Gasteiger partial charge in [0.25, 0.3) is 11.8 Å². The van der Waals surface area contributed by atoms with E-state index in [1.54, 1.807) is 37.4 Å². The third kappa shape index (κ3) is 4.64. The number of hydrogen-bond donors (Lipinski definition) is 2. The first-order valence-electron chi connectivity index (χ1n) is 9.56. The van der Waals surface area contributed by atoms with Crippen LogP contribution in [0.4, 0.5) is 5.69 Å². The van der Waals surface area contributed by atoms with Gasteiger partial charge in [0.2, 0.25) is 0 Å². The van der Waals surface area contributed by atoms with E-state index >= 15 is 0 Å². The molecule has 1 unspecified atom stereocenters. The molecule has 2 N–H and O–H groups in total. The minimum absolute atomic E-state index is 0.247. The predicted molar refractivity (Wildman–Crippen MR) is 120 cm³/mol. The number of ether oxygens (including phenoxy) is 2. The SMILES string of the molecule is COc1ccc(OCC(=O)NN2C(=O)c3cc(Br)ccc3NC2c2ccccc2)cc1. The van der Waals surface area contributed by atoms with Crippen LogP contribution < -0.4 is 20.2 Å². The lowest BCUT2D eigenvalue weighted by Gasteiger charge is -2.37. The van der Waals surface area contributed by atoms with Crippen LogP contribution in [0.2, 0.25) is 0 Å². The lowest BCUT2D eigenvalue weighted by atomic mass is 10.1. The third-order valence-electron chi connectivity index (χ3n) is 4.77. The smallest absolute Gasteiger partial charge is 0.276 e. The minimum Gasteiger partial charge on any atom is -0.497 e. The van der Waals surface area contributed by atoms with E-state index in [-0.39, 0.29) is 12.5 Å². The van der Waals surface area contributed by atoms with E-state index in [4.69, 9.17) is 9.47 Å². The molecule has 158 valence electrons. The number of fused-ring (bicyclic) bond motifs is 1. The van der Waals surface area contributed by atoms with Crippen LogP contribution in [0, 0.1) is 0 Å². The number of nitrogens with one attached hydrogen (secondary N) is 2. The van der Waals surface area contributed by atoms with Crippen molar-refractivity contribution in [1.29, 1.82) is 0 Å². The monoisotopic (exact) mass is 481 g/mol. The van der Waals surface area contributed by atoms with Gasteiger partial charge in [-0.3, -0.25) is 15.0 Å². The molecule has 1 aliphatic rings. The van der Waals surface area contributed by atoms with Gasteiger partial charge in [-0.25, -0.2) is 5.01 Å². The highest BCUT2D eigenvalue weighted by atomic mass is 79.9. The molecule has 0 saturated carbocycles. The Hall–Kier alpha value is -3.52. The van der Waals surface area contributed by atoms with Gasteiger partial charge in [-0.1, -0.05) is 46.3 Å². The first kappa shape index (κ1) is 20.7. The van der Waals surface area contributed by atoms with Gasteiger partial charge in [0, 0.05) is 10.2 Å². The molecule has 0 aromatic heterocycles. The molecule has 31 heavy (non-hydrogen) atoms. The molecule has 0 fully saturated rings. The Bertz CT molecular complexity index is 1090. The number of benzene rings is 3. The maximum absolute atomic E-state index is 13.2. The molecule has 0 saturated heterocycles. The molecular weight excluding hydrogens is 462 g/mol. The number of anilines is 1. The maximum atomic E-state index is 13.2. The Morgan fingerprint density at radius 1 is 1.06 bits per heavy atom. The van der Waals surface area contributed by atoms with Crippen LogP contribution in [0.3, 0.4) is 0 Å². The van der Waals surface area contributed by atoms with Crippen LogP contribution in [-0.2, 0) is 4.79 Å². The number of hydrogen-bond acceptors (Lipinski definition) is 5. The summed E-state index contributed by atoms with van der Waals surface area (Å²) in [5.41, 5.74) is 4.67. The van der Waals surface area contributed by atoms with Gasteiger partial charge in [0.15, 0.2) is 6.61 Å². The van der Waals surface area contributed by atoms with E-state index < -0.39 is 12.1 Å².